The first kappa shape index (κ1) is 12.9. The van der Waals surface area contributed by atoms with E-state index in [1.807, 2.05) is 0 Å². The van der Waals surface area contributed by atoms with E-state index in [-0.39, 0.29) is 0 Å². The van der Waals surface area contributed by atoms with E-state index >= 15 is 0 Å². The standard InChI is InChI=1S/C14H26N2O2/c1-15-11-6-8-17-10-13(11)16-7-9-18-14-5-3-2-4-12(14)16/h11-15H,2-10H2,1H3. The van der Waals surface area contributed by atoms with E-state index in [0.717, 1.165) is 32.8 Å². The lowest BCUT2D eigenvalue weighted by atomic mass is 9.87. The van der Waals surface area contributed by atoms with Crippen LogP contribution >= 0.6 is 0 Å². The Morgan fingerprint density at radius 1 is 1.06 bits per heavy atom. The van der Waals surface area contributed by atoms with E-state index in [1.165, 1.54) is 25.7 Å². The summed E-state index contributed by atoms with van der Waals surface area (Å²) in [7, 11) is 2.09. The van der Waals surface area contributed by atoms with Crippen molar-refractivity contribution in [1.82, 2.24) is 10.2 Å². The number of ether oxygens (including phenoxy) is 2. The van der Waals surface area contributed by atoms with Crippen LogP contribution in [0.2, 0.25) is 0 Å². The lowest BCUT2D eigenvalue weighted by Gasteiger charge is -2.50. The fourth-order valence-corrected chi connectivity index (χ4v) is 3.92. The maximum atomic E-state index is 5.97. The van der Waals surface area contributed by atoms with Crippen molar-refractivity contribution in [3.05, 3.63) is 0 Å². The Hall–Kier alpha value is -0.160. The number of rotatable bonds is 2. The zero-order chi connectivity index (χ0) is 12.4. The van der Waals surface area contributed by atoms with Gasteiger partial charge in [0.2, 0.25) is 0 Å². The molecule has 4 nitrogen and oxygen atoms in total. The van der Waals surface area contributed by atoms with Gasteiger partial charge in [-0.05, 0) is 26.3 Å². The highest BCUT2D eigenvalue weighted by molar-refractivity contribution is 4.95. The summed E-state index contributed by atoms with van der Waals surface area (Å²) in [5.74, 6) is 0. The molecule has 3 fully saturated rings. The van der Waals surface area contributed by atoms with E-state index < -0.39 is 0 Å². The summed E-state index contributed by atoms with van der Waals surface area (Å²) in [4.78, 5) is 2.69. The number of fused-ring (bicyclic) bond motifs is 1. The Morgan fingerprint density at radius 2 is 1.94 bits per heavy atom. The Morgan fingerprint density at radius 3 is 2.83 bits per heavy atom. The molecule has 0 aromatic rings. The normalized spacial score (nSPS) is 42.5. The molecule has 3 rings (SSSR count). The highest BCUT2D eigenvalue weighted by Gasteiger charge is 2.40. The summed E-state index contributed by atoms with van der Waals surface area (Å²) in [6.07, 6.45) is 6.86. The van der Waals surface area contributed by atoms with E-state index in [4.69, 9.17) is 9.47 Å². The average molecular weight is 254 g/mol. The minimum atomic E-state index is 0.479. The van der Waals surface area contributed by atoms with Gasteiger partial charge in [0.25, 0.3) is 0 Å². The minimum absolute atomic E-state index is 0.479. The Balaban J connectivity index is 1.72. The fraction of sp³-hybridized carbons (Fsp3) is 1.00. The lowest BCUT2D eigenvalue weighted by molar-refractivity contribution is -0.125. The van der Waals surface area contributed by atoms with Gasteiger partial charge in [-0.15, -0.1) is 0 Å². The summed E-state index contributed by atoms with van der Waals surface area (Å²) in [6, 6.07) is 1.76. The number of nitrogens with one attached hydrogen (secondary N) is 1. The van der Waals surface area contributed by atoms with Gasteiger partial charge in [-0.25, -0.2) is 0 Å². The highest BCUT2D eigenvalue weighted by Crippen LogP contribution is 2.31. The van der Waals surface area contributed by atoms with Gasteiger partial charge in [-0.1, -0.05) is 12.8 Å². The maximum absolute atomic E-state index is 5.97. The molecular weight excluding hydrogens is 228 g/mol. The van der Waals surface area contributed by atoms with Crippen LogP contribution in [0.4, 0.5) is 0 Å². The molecule has 4 unspecified atom stereocenters. The molecule has 4 heteroatoms. The quantitative estimate of drug-likeness (QED) is 0.797. The van der Waals surface area contributed by atoms with Crippen molar-refractivity contribution in [1.29, 1.82) is 0 Å². The van der Waals surface area contributed by atoms with Gasteiger partial charge in [0.1, 0.15) is 0 Å². The smallest absolute Gasteiger partial charge is 0.0731 e. The van der Waals surface area contributed by atoms with Crippen molar-refractivity contribution in [2.24, 2.45) is 0 Å². The number of hydrogen-bond acceptors (Lipinski definition) is 4. The predicted molar refractivity (Wildman–Crippen MR) is 70.8 cm³/mol. The molecule has 1 N–H and O–H groups in total. The molecule has 2 heterocycles. The van der Waals surface area contributed by atoms with Gasteiger partial charge in [0.15, 0.2) is 0 Å². The topological polar surface area (TPSA) is 33.7 Å². The molecule has 2 aliphatic heterocycles. The average Bonchev–Trinajstić information content (AvgIpc) is 2.46. The number of nitrogens with zero attached hydrogens (tertiary/aromatic N) is 1. The molecule has 0 radical (unpaired) electrons. The second kappa shape index (κ2) is 5.87. The molecule has 104 valence electrons. The van der Waals surface area contributed by atoms with Crippen molar-refractivity contribution < 1.29 is 9.47 Å². The fourth-order valence-electron chi connectivity index (χ4n) is 3.92. The molecule has 0 aromatic carbocycles. The first-order valence-electron chi connectivity index (χ1n) is 7.52. The van der Waals surface area contributed by atoms with Crippen LogP contribution in [0.1, 0.15) is 32.1 Å². The van der Waals surface area contributed by atoms with Crippen molar-refractivity contribution >= 4 is 0 Å². The molecular formula is C14H26N2O2. The van der Waals surface area contributed by atoms with Gasteiger partial charge >= 0.3 is 0 Å². The monoisotopic (exact) mass is 254 g/mol. The first-order valence-corrected chi connectivity index (χ1v) is 7.52. The first-order chi connectivity index (χ1) is 8.90. The molecule has 18 heavy (non-hydrogen) atoms. The summed E-state index contributed by atoms with van der Waals surface area (Å²) >= 11 is 0. The number of morpholine rings is 1. The van der Waals surface area contributed by atoms with Crippen LogP contribution in [0.3, 0.4) is 0 Å². The number of likely N-dealkylation sites (N-methyl/N-ethyl adjacent to an activating group) is 1. The van der Waals surface area contributed by atoms with E-state index in [0.29, 0.717) is 24.2 Å². The number of hydrogen-bond donors (Lipinski definition) is 1. The Labute approximate surface area is 110 Å². The molecule has 2 saturated heterocycles. The predicted octanol–water partition coefficient (Wildman–Crippen LogP) is 1.01. The van der Waals surface area contributed by atoms with Crippen LogP contribution in [0.15, 0.2) is 0 Å². The van der Waals surface area contributed by atoms with Gasteiger partial charge in [-0.2, -0.15) is 0 Å². The lowest BCUT2D eigenvalue weighted by Crippen LogP contribution is -2.63. The van der Waals surface area contributed by atoms with E-state index in [1.54, 1.807) is 0 Å². The molecule has 4 atom stereocenters. The molecule has 1 aliphatic carbocycles. The molecule has 1 saturated carbocycles. The molecule has 0 spiro atoms. The van der Waals surface area contributed by atoms with Crippen LogP contribution in [0.5, 0.6) is 0 Å². The second-order valence-corrected chi connectivity index (χ2v) is 5.82. The SMILES string of the molecule is CNC1CCOCC1N1CCOC2CCCCC21. The van der Waals surface area contributed by atoms with Gasteiger partial charge in [0, 0.05) is 31.3 Å². The van der Waals surface area contributed by atoms with Crippen molar-refractivity contribution in [2.75, 3.05) is 33.4 Å². The van der Waals surface area contributed by atoms with Gasteiger partial charge in [0.05, 0.1) is 19.3 Å². The Kier molecular flexibility index (Phi) is 4.19. The third-order valence-corrected chi connectivity index (χ3v) is 4.90. The van der Waals surface area contributed by atoms with Gasteiger partial charge in [-0.3, -0.25) is 4.90 Å². The zero-order valence-electron chi connectivity index (χ0n) is 11.4. The van der Waals surface area contributed by atoms with Crippen LogP contribution in [-0.4, -0.2) is 62.5 Å². The molecule has 0 amide bonds. The summed E-state index contributed by atoms with van der Waals surface area (Å²) in [5.41, 5.74) is 0. The second-order valence-electron chi connectivity index (χ2n) is 5.82. The molecule has 0 bridgehead atoms. The summed E-state index contributed by atoms with van der Waals surface area (Å²) in [6.45, 7) is 3.76. The molecule has 3 aliphatic rings. The van der Waals surface area contributed by atoms with Crippen molar-refractivity contribution in [2.45, 2.75) is 56.3 Å². The maximum Gasteiger partial charge on any atom is 0.0731 e. The van der Waals surface area contributed by atoms with Crippen LogP contribution in [0, 0.1) is 0 Å². The third-order valence-electron chi connectivity index (χ3n) is 4.90. The summed E-state index contributed by atoms with van der Waals surface area (Å²) < 4.78 is 11.7. The molecule has 0 aromatic heterocycles. The largest absolute Gasteiger partial charge is 0.380 e. The third kappa shape index (κ3) is 2.44. The highest BCUT2D eigenvalue weighted by atomic mass is 16.5. The van der Waals surface area contributed by atoms with Crippen molar-refractivity contribution in [3.63, 3.8) is 0 Å². The zero-order valence-corrected chi connectivity index (χ0v) is 11.4. The minimum Gasteiger partial charge on any atom is -0.380 e. The van der Waals surface area contributed by atoms with E-state index in [2.05, 4.69) is 17.3 Å². The summed E-state index contributed by atoms with van der Waals surface area (Å²) in [5, 5.41) is 3.48. The van der Waals surface area contributed by atoms with Crippen LogP contribution < -0.4 is 5.32 Å². The van der Waals surface area contributed by atoms with Crippen LogP contribution in [-0.2, 0) is 9.47 Å². The van der Waals surface area contributed by atoms with Crippen molar-refractivity contribution in [3.8, 4) is 0 Å². The Bertz CT molecular complexity index is 273. The van der Waals surface area contributed by atoms with Gasteiger partial charge < -0.3 is 14.8 Å². The van der Waals surface area contributed by atoms with Crippen LogP contribution in [0.25, 0.3) is 0 Å². The van der Waals surface area contributed by atoms with E-state index in [9.17, 15) is 0 Å².